The quantitative estimate of drug-likeness (QED) is 0.685. The third-order valence-electron chi connectivity index (χ3n) is 3.51. The summed E-state index contributed by atoms with van der Waals surface area (Å²) in [7, 11) is 0. The Bertz CT molecular complexity index is 844. The average Bonchev–Trinajstić information content (AvgIpc) is 2.61. The highest BCUT2D eigenvalue weighted by Crippen LogP contribution is 2.30. The van der Waals surface area contributed by atoms with Crippen molar-refractivity contribution in [3.05, 3.63) is 71.8 Å². The third kappa shape index (κ3) is 4.67. The molecule has 3 rings (SSSR count). The predicted octanol–water partition coefficient (Wildman–Crippen LogP) is 4.33. The molecule has 0 bridgehead atoms. The molecule has 0 radical (unpaired) electrons. The van der Waals surface area contributed by atoms with Crippen molar-refractivity contribution < 1.29 is 4.39 Å². The van der Waals surface area contributed by atoms with Crippen LogP contribution in [0.3, 0.4) is 0 Å². The van der Waals surface area contributed by atoms with Gasteiger partial charge in [0, 0.05) is 11.4 Å². The summed E-state index contributed by atoms with van der Waals surface area (Å²) in [5, 5.41) is 3.06. The van der Waals surface area contributed by atoms with Gasteiger partial charge in [0.1, 0.15) is 11.6 Å². The van der Waals surface area contributed by atoms with Gasteiger partial charge < -0.3 is 11.1 Å². The SMILES string of the molecule is CC(SCc1ccccc1F)c1nc(N)nc(Nc2ccccc2)n1. The summed E-state index contributed by atoms with van der Waals surface area (Å²) in [6.07, 6.45) is 0. The number of nitrogens with one attached hydrogen (secondary N) is 1. The number of rotatable bonds is 6. The van der Waals surface area contributed by atoms with E-state index in [4.69, 9.17) is 5.73 Å². The summed E-state index contributed by atoms with van der Waals surface area (Å²) < 4.78 is 13.7. The zero-order chi connectivity index (χ0) is 17.6. The lowest BCUT2D eigenvalue weighted by Crippen LogP contribution is -2.08. The Hall–Kier alpha value is -2.67. The van der Waals surface area contributed by atoms with Gasteiger partial charge in [0.25, 0.3) is 0 Å². The molecule has 25 heavy (non-hydrogen) atoms. The van der Waals surface area contributed by atoms with E-state index in [0.717, 1.165) is 5.69 Å². The normalized spacial score (nSPS) is 11.9. The molecule has 0 spiro atoms. The number of nitrogens with two attached hydrogens (primary N) is 1. The van der Waals surface area contributed by atoms with Crippen LogP contribution in [0.1, 0.15) is 23.6 Å². The van der Waals surface area contributed by atoms with Crippen LogP contribution in [0.25, 0.3) is 0 Å². The second kappa shape index (κ2) is 7.94. The number of thioether (sulfide) groups is 1. The van der Waals surface area contributed by atoms with E-state index in [1.807, 2.05) is 43.3 Å². The van der Waals surface area contributed by atoms with Crippen molar-refractivity contribution in [3.8, 4) is 0 Å². The highest BCUT2D eigenvalue weighted by atomic mass is 32.2. The van der Waals surface area contributed by atoms with E-state index in [0.29, 0.717) is 23.1 Å². The van der Waals surface area contributed by atoms with Gasteiger partial charge in [0.2, 0.25) is 11.9 Å². The Morgan fingerprint density at radius 3 is 2.52 bits per heavy atom. The standard InChI is InChI=1S/C18H18FN5S/c1-12(25-11-13-7-5-6-10-15(13)19)16-22-17(20)24-18(23-16)21-14-8-3-2-4-9-14/h2-10,12H,11H2,1H3,(H3,20,21,22,23,24). The fraction of sp³-hybridized carbons (Fsp3) is 0.167. The lowest BCUT2D eigenvalue weighted by atomic mass is 10.2. The lowest BCUT2D eigenvalue weighted by Gasteiger charge is -2.12. The summed E-state index contributed by atoms with van der Waals surface area (Å²) in [5.74, 6) is 1.44. The molecule has 1 unspecified atom stereocenters. The van der Waals surface area contributed by atoms with Crippen LogP contribution in [0.5, 0.6) is 0 Å². The highest BCUT2D eigenvalue weighted by molar-refractivity contribution is 7.98. The molecule has 1 aromatic heterocycles. The Balaban J connectivity index is 1.72. The Kier molecular flexibility index (Phi) is 5.45. The summed E-state index contributed by atoms with van der Waals surface area (Å²) in [4.78, 5) is 12.8. The molecule has 0 saturated heterocycles. The first-order chi connectivity index (χ1) is 12.1. The Labute approximate surface area is 149 Å². The molecular formula is C18H18FN5S. The fourth-order valence-electron chi connectivity index (χ4n) is 2.20. The van der Waals surface area contributed by atoms with Crippen LogP contribution in [-0.4, -0.2) is 15.0 Å². The monoisotopic (exact) mass is 355 g/mol. The van der Waals surface area contributed by atoms with Crippen LogP contribution in [0.4, 0.5) is 22.0 Å². The molecule has 3 N–H and O–H groups in total. The summed E-state index contributed by atoms with van der Waals surface area (Å²) >= 11 is 1.54. The second-order valence-electron chi connectivity index (χ2n) is 5.41. The Morgan fingerprint density at radius 1 is 1.04 bits per heavy atom. The number of benzene rings is 2. The molecule has 1 atom stereocenters. The third-order valence-corrected chi connectivity index (χ3v) is 4.70. The van der Waals surface area contributed by atoms with Gasteiger partial charge in [-0.1, -0.05) is 36.4 Å². The van der Waals surface area contributed by atoms with Crippen LogP contribution >= 0.6 is 11.8 Å². The minimum atomic E-state index is -0.205. The largest absolute Gasteiger partial charge is 0.368 e. The Morgan fingerprint density at radius 2 is 1.76 bits per heavy atom. The van der Waals surface area contributed by atoms with Gasteiger partial charge in [-0.15, -0.1) is 11.8 Å². The zero-order valence-corrected chi connectivity index (χ0v) is 14.5. The first-order valence-corrected chi connectivity index (χ1v) is 8.85. The molecule has 0 aliphatic carbocycles. The van der Waals surface area contributed by atoms with Gasteiger partial charge in [-0.25, -0.2) is 4.39 Å². The number of hydrogen-bond donors (Lipinski definition) is 2. The number of nitrogen functional groups attached to an aromatic ring is 1. The predicted molar refractivity (Wildman–Crippen MR) is 100 cm³/mol. The van der Waals surface area contributed by atoms with Crippen molar-refractivity contribution in [1.29, 1.82) is 0 Å². The molecule has 2 aromatic carbocycles. The number of para-hydroxylation sites is 1. The minimum absolute atomic E-state index is 0.0544. The van der Waals surface area contributed by atoms with Crippen molar-refractivity contribution in [2.45, 2.75) is 17.9 Å². The van der Waals surface area contributed by atoms with Crippen molar-refractivity contribution in [2.75, 3.05) is 11.1 Å². The zero-order valence-electron chi connectivity index (χ0n) is 13.7. The van der Waals surface area contributed by atoms with E-state index in [9.17, 15) is 4.39 Å². The highest BCUT2D eigenvalue weighted by Gasteiger charge is 2.14. The molecule has 0 aliphatic heterocycles. The molecule has 0 amide bonds. The lowest BCUT2D eigenvalue weighted by molar-refractivity contribution is 0.617. The van der Waals surface area contributed by atoms with Crippen LogP contribution < -0.4 is 11.1 Å². The molecule has 0 saturated carbocycles. The molecule has 0 aliphatic rings. The van der Waals surface area contributed by atoms with Crippen LogP contribution in [0.2, 0.25) is 0 Å². The summed E-state index contributed by atoms with van der Waals surface area (Å²) in [6.45, 7) is 1.96. The van der Waals surface area contributed by atoms with Gasteiger partial charge in [0.05, 0.1) is 5.25 Å². The number of halogens is 1. The van der Waals surface area contributed by atoms with Crippen molar-refractivity contribution >= 4 is 29.3 Å². The van der Waals surface area contributed by atoms with Crippen molar-refractivity contribution in [1.82, 2.24) is 15.0 Å². The first-order valence-electron chi connectivity index (χ1n) is 7.80. The molecule has 3 aromatic rings. The molecule has 7 heteroatoms. The van der Waals surface area contributed by atoms with E-state index < -0.39 is 0 Å². The molecule has 5 nitrogen and oxygen atoms in total. The van der Waals surface area contributed by atoms with Crippen molar-refractivity contribution in [3.63, 3.8) is 0 Å². The van der Waals surface area contributed by atoms with E-state index in [1.165, 1.54) is 6.07 Å². The topological polar surface area (TPSA) is 76.7 Å². The summed E-state index contributed by atoms with van der Waals surface area (Å²) in [5.41, 5.74) is 7.33. The van der Waals surface area contributed by atoms with Gasteiger partial charge in [-0.05, 0) is 30.7 Å². The molecule has 128 valence electrons. The second-order valence-corrected chi connectivity index (χ2v) is 6.74. The number of anilines is 3. The summed E-state index contributed by atoms with van der Waals surface area (Å²) in [6, 6.07) is 16.3. The van der Waals surface area contributed by atoms with Crippen LogP contribution in [0.15, 0.2) is 54.6 Å². The maximum absolute atomic E-state index is 13.7. The number of aromatic nitrogens is 3. The number of nitrogens with zero attached hydrogens (tertiary/aromatic N) is 3. The average molecular weight is 355 g/mol. The van der Waals surface area contributed by atoms with Gasteiger partial charge in [-0.2, -0.15) is 15.0 Å². The van der Waals surface area contributed by atoms with E-state index in [1.54, 1.807) is 23.9 Å². The molecule has 0 fully saturated rings. The van der Waals surface area contributed by atoms with Crippen molar-refractivity contribution in [2.24, 2.45) is 0 Å². The first kappa shape index (κ1) is 17.2. The maximum Gasteiger partial charge on any atom is 0.232 e. The van der Waals surface area contributed by atoms with Gasteiger partial charge in [0.15, 0.2) is 0 Å². The van der Waals surface area contributed by atoms with E-state index in [2.05, 4.69) is 20.3 Å². The minimum Gasteiger partial charge on any atom is -0.368 e. The molecule has 1 heterocycles. The fourth-order valence-corrected chi connectivity index (χ4v) is 3.12. The number of hydrogen-bond acceptors (Lipinski definition) is 6. The smallest absolute Gasteiger partial charge is 0.232 e. The molecular weight excluding hydrogens is 337 g/mol. The van der Waals surface area contributed by atoms with Gasteiger partial charge >= 0.3 is 0 Å². The van der Waals surface area contributed by atoms with E-state index >= 15 is 0 Å². The van der Waals surface area contributed by atoms with Gasteiger partial charge in [-0.3, -0.25) is 0 Å². The van der Waals surface area contributed by atoms with Crippen LogP contribution in [-0.2, 0) is 5.75 Å². The van der Waals surface area contributed by atoms with Crippen LogP contribution in [0, 0.1) is 5.82 Å². The maximum atomic E-state index is 13.7. The van der Waals surface area contributed by atoms with E-state index in [-0.39, 0.29) is 17.0 Å².